The van der Waals surface area contributed by atoms with Gasteiger partial charge >= 0.3 is 6.18 Å². The first-order valence-electron chi connectivity index (χ1n) is 8.02. The summed E-state index contributed by atoms with van der Waals surface area (Å²) in [4.78, 5) is 11.4. The molecule has 0 unspecified atom stereocenters. The molecule has 11 heteroatoms. The van der Waals surface area contributed by atoms with E-state index in [1.165, 1.54) is 29.9 Å². The third-order valence-corrected chi connectivity index (χ3v) is 4.14. The number of anilines is 2. The molecule has 0 aliphatic carbocycles. The average Bonchev–Trinajstić information content (AvgIpc) is 3.03. The van der Waals surface area contributed by atoms with Crippen molar-refractivity contribution in [1.29, 1.82) is 0 Å². The molecule has 0 radical (unpaired) electrons. The summed E-state index contributed by atoms with van der Waals surface area (Å²) in [6.45, 7) is 0.0858. The van der Waals surface area contributed by atoms with Crippen molar-refractivity contribution in [3.05, 3.63) is 53.0 Å². The highest BCUT2D eigenvalue weighted by atomic mass is 35.5. The number of imidazole rings is 1. The maximum absolute atomic E-state index is 14.5. The Morgan fingerprint density at radius 3 is 2.57 bits per heavy atom. The van der Waals surface area contributed by atoms with Gasteiger partial charge in [0.25, 0.3) is 0 Å². The lowest BCUT2D eigenvalue weighted by atomic mass is 10.1. The largest absolute Gasteiger partial charge is 0.434 e. The minimum Gasteiger partial charge on any atom is -0.384 e. The second kappa shape index (κ2) is 7.63. The standard InChI is InChI=1S/C17H15ClF4N6/c1-23-12-7-25-16(18)27-14(12)24-6-10-4-3-9(5-11(10)19)15-26-13(8-28(15)2)17(20,21)22/h3-5,7-8,23H,6H2,1-2H3,(H,24,25,27). The molecule has 0 fully saturated rings. The predicted molar refractivity (Wildman–Crippen MR) is 97.5 cm³/mol. The first-order valence-corrected chi connectivity index (χ1v) is 8.40. The van der Waals surface area contributed by atoms with Crippen LogP contribution in [0.4, 0.5) is 29.1 Å². The summed E-state index contributed by atoms with van der Waals surface area (Å²) in [5.41, 5.74) is 0.0801. The molecule has 3 aromatic rings. The van der Waals surface area contributed by atoms with Gasteiger partial charge in [0.2, 0.25) is 5.28 Å². The number of rotatable bonds is 5. The van der Waals surface area contributed by atoms with E-state index in [0.717, 1.165) is 12.3 Å². The molecule has 28 heavy (non-hydrogen) atoms. The van der Waals surface area contributed by atoms with E-state index >= 15 is 0 Å². The lowest BCUT2D eigenvalue weighted by Gasteiger charge is -2.11. The quantitative estimate of drug-likeness (QED) is 0.480. The van der Waals surface area contributed by atoms with Gasteiger partial charge in [0.1, 0.15) is 11.6 Å². The van der Waals surface area contributed by atoms with Crippen molar-refractivity contribution in [3.63, 3.8) is 0 Å². The van der Waals surface area contributed by atoms with Crippen LogP contribution in [0.1, 0.15) is 11.3 Å². The monoisotopic (exact) mass is 414 g/mol. The summed E-state index contributed by atoms with van der Waals surface area (Å²) < 4.78 is 54.1. The number of nitrogens with zero attached hydrogens (tertiary/aromatic N) is 4. The first kappa shape index (κ1) is 19.9. The third kappa shape index (κ3) is 4.16. The fraction of sp³-hybridized carbons (Fsp3) is 0.235. The van der Waals surface area contributed by atoms with E-state index in [4.69, 9.17) is 11.6 Å². The Kier molecular flexibility index (Phi) is 5.41. The fourth-order valence-electron chi connectivity index (χ4n) is 2.56. The molecule has 0 saturated heterocycles. The Bertz CT molecular complexity index is 1000. The summed E-state index contributed by atoms with van der Waals surface area (Å²) in [6.07, 6.45) is -2.22. The molecule has 6 nitrogen and oxygen atoms in total. The zero-order valence-electron chi connectivity index (χ0n) is 14.8. The van der Waals surface area contributed by atoms with E-state index < -0.39 is 17.7 Å². The highest BCUT2D eigenvalue weighted by Gasteiger charge is 2.34. The van der Waals surface area contributed by atoms with Crippen LogP contribution in [0, 0.1) is 5.82 Å². The molecule has 2 N–H and O–H groups in total. The fourth-order valence-corrected chi connectivity index (χ4v) is 2.69. The number of aryl methyl sites for hydroxylation is 1. The molecule has 2 aromatic heterocycles. The average molecular weight is 415 g/mol. The van der Waals surface area contributed by atoms with Gasteiger partial charge in [-0.3, -0.25) is 0 Å². The molecule has 0 atom stereocenters. The highest BCUT2D eigenvalue weighted by Crippen LogP contribution is 2.31. The Labute approximate surface area is 162 Å². The van der Waals surface area contributed by atoms with Crippen molar-refractivity contribution >= 4 is 23.1 Å². The van der Waals surface area contributed by atoms with Gasteiger partial charge < -0.3 is 15.2 Å². The van der Waals surface area contributed by atoms with Gasteiger partial charge in [-0.2, -0.15) is 18.2 Å². The smallest absolute Gasteiger partial charge is 0.384 e. The van der Waals surface area contributed by atoms with Crippen LogP contribution in [0.2, 0.25) is 5.28 Å². The molecule has 148 valence electrons. The van der Waals surface area contributed by atoms with Gasteiger partial charge in [0.05, 0.1) is 11.9 Å². The van der Waals surface area contributed by atoms with Crippen LogP contribution in [-0.4, -0.2) is 26.6 Å². The SMILES string of the molecule is CNc1cnc(Cl)nc1NCc1ccc(-c2nc(C(F)(F)F)cn2C)cc1F. The number of benzene rings is 1. The Morgan fingerprint density at radius 1 is 1.21 bits per heavy atom. The summed E-state index contributed by atoms with van der Waals surface area (Å²) >= 11 is 5.77. The predicted octanol–water partition coefficient (Wildman–Crippen LogP) is 4.34. The van der Waals surface area contributed by atoms with Gasteiger partial charge in [-0.1, -0.05) is 12.1 Å². The molecular formula is C17H15ClF4N6. The maximum Gasteiger partial charge on any atom is 0.434 e. The van der Waals surface area contributed by atoms with E-state index in [1.807, 2.05) is 0 Å². The van der Waals surface area contributed by atoms with E-state index in [9.17, 15) is 17.6 Å². The summed E-state index contributed by atoms with van der Waals surface area (Å²) in [7, 11) is 3.10. The van der Waals surface area contributed by atoms with E-state index in [2.05, 4.69) is 25.6 Å². The Morgan fingerprint density at radius 2 is 1.96 bits per heavy atom. The van der Waals surface area contributed by atoms with Crippen molar-refractivity contribution in [1.82, 2.24) is 19.5 Å². The van der Waals surface area contributed by atoms with Crippen LogP contribution in [0.3, 0.4) is 0 Å². The maximum atomic E-state index is 14.5. The molecule has 0 spiro atoms. The van der Waals surface area contributed by atoms with Gasteiger partial charge in [0.15, 0.2) is 11.5 Å². The van der Waals surface area contributed by atoms with Crippen LogP contribution >= 0.6 is 11.6 Å². The normalized spacial score (nSPS) is 11.5. The highest BCUT2D eigenvalue weighted by molar-refractivity contribution is 6.28. The van der Waals surface area contributed by atoms with Crippen molar-refractivity contribution < 1.29 is 17.6 Å². The number of nitrogens with one attached hydrogen (secondary N) is 2. The van der Waals surface area contributed by atoms with Crippen molar-refractivity contribution in [2.75, 3.05) is 17.7 Å². The summed E-state index contributed by atoms with van der Waals surface area (Å²) in [5, 5.41) is 5.87. The van der Waals surface area contributed by atoms with Crippen LogP contribution in [0.15, 0.2) is 30.6 Å². The van der Waals surface area contributed by atoms with Crippen molar-refractivity contribution in [3.8, 4) is 11.4 Å². The minimum atomic E-state index is -4.57. The molecule has 0 bridgehead atoms. The van der Waals surface area contributed by atoms with E-state index in [1.54, 1.807) is 7.05 Å². The number of aromatic nitrogens is 4. The number of hydrogen-bond acceptors (Lipinski definition) is 5. The third-order valence-electron chi connectivity index (χ3n) is 3.95. The molecule has 2 heterocycles. The zero-order chi connectivity index (χ0) is 20.5. The van der Waals surface area contributed by atoms with Crippen molar-refractivity contribution in [2.45, 2.75) is 12.7 Å². The van der Waals surface area contributed by atoms with E-state index in [0.29, 0.717) is 17.1 Å². The van der Waals surface area contributed by atoms with Gasteiger partial charge in [-0.05, 0) is 17.7 Å². The number of hydrogen-bond donors (Lipinski definition) is 2. The lowest BCUT2D eigenvalue weighted by molar-refractivity contribution is -0.140. The van der Waals surface area contributed by atoms with Gasteiger partial charge in [0, 0.05) is 38.0 Å². The molecule has 0 saturated carbocycles. The van der Waals surface area contributed by atoms with Gasteiger partial charge in [-0.15, -0.1) is 0 Å². The Hall–Kier alpha value is -2.88. The zero-order valence-corrected chi connectivity index (χ0v) is 15.5. The molecule has 3 rings (SSSR count). The number of alkyl halides is 3. The first-order chi connectivity index (χ1) is 13.2. The molecular weight excluding hydrogens is 400 g/mol. The summed E-state index contributed by atoms with van der Waals surface area (Å²) in [6, 6.07) is 4.13. The summed E-state index contributed by atoms with van der Waals surface area (Å²) in [5.74, 6) is -0.177. The molecule has 0 aliphatic heterocycles. The molecule has 1 aromatic carbocycles. The van der Waals surface area contributed by atoms with Gasteiger partial charge in [-0.25, -0.2) is 14.4 Å². The minimum absolute atomic E-state index is 0.0192. The number of halogens is 5. The van der Waals surface area contributed by atoms with Crippen LogP contribution in [0.5, 0.6) is 0 Å². The molecule has 0 amide bonds. The second-order valence-electron chi connectivity index (χ2n) is 5.87. The van der Waals surface area contributed by atoms with Crippen LogP contribution < -0.4 is 10.6 Å². The van der Waals surface area contributed by atoms with Crippen molar-refractivity contribution in [2.24, 2.45) is 7.05 Å². The Balaban J connectivity index is 1.82. The topological polar surface area (TPSA) is 67.7 Å². The lowest BCUT2D eigenvalue weighted by Crippen LogP contribution is -2.07. The second-order valence-corrected chi connectivity index (χ2v) is 6.21. The molecule has 0 aliphatic rings. The van der Waals surface area contributed by atoms with Crippen LogP contribution in [-0.2, 0) is 19.8 Å². The van der Waals surface area contributed by atoms with Crippen LogP contribution in [0.25, 0.3) is 11.4 Å². The van der Waals surface area contributed by atoms with E-state index in [-0.39, 0.29) is 23.2 Å².